The number of aliphatic carboxylic acids is 1. The van der Waals surface area contributed by atoms with Gasteiger partial charge < -0.3 is 10.2 Å². The van der Waals surface area contributed by atoms with E-state index >= 15 is 0 Å². The van der Waals surface area contributed by atoms with Crippen molar-refractivity contribution in [1.29, 1.82) is 0 Å². The Kier molecular flexibility index (Phi) is 15.4. The van der Waals surface area contributed by atoms with Crippen LogP contribution in [0.2, 0.25) is 0 Å². The van der Waals surface area contributed by atoms with Crippen molar-refractivity contribution >= 4 is 5.97 Å². The summed E-state index contributed by atoms with van der Waals surface area (Å²) in [6.45, 7) is 2.25. The fourth-order valence-electron chi connectivity index (χ4n) is 2.67. The zero-order valence-corrected chi connectivity index (χ0v) is 14.0. The van der Waals surface area contributed by atoms with E-state index in [-0.39, 0.29) is 12.5 Å². The van der Waals surface area contributed by atoms with Crippen molar-refractivity contribution in [3.63, 3.8) is 0 Å². The smallest absolute Gasteiger partial charge is 0.303 e. The first kappa shape index (κ1) is 20.4. The highest BCUT2D eigenvalue weighted by Crippen LogP contribution is 2.14. The highest BCUT2D eigenvalue weighted by molar-refractivity contribution is 5.66. The molecule has 0 aliphatic heterocycles. The Labute approximate surface area is 131 Å². The van der Waals surface area contributed by atoms with E-state index in [4.69, 9.17) is 5.11 Å². The molecule has 0 aromatic heterocycles. The van der Waals surface area contributed by atoms with Gasteiger partial charge in [0.15, 0.2) is 0 Å². The van der Waals surface area contributed by atoms with Crippen molar-refractivity contribution < 1.29 is 15.0 Å². The molecule has 3 nitrogen and oxygen atoms in total. The number of aliphatic hydroxyl groups excluding tert-OH is 1. The van der Waals surface area contributed by atoms with Gasteiger partial charge in [0.25, 0.3) is 0 Å². The second-order valence-corrected chi connectivity index (χ2v) is 6.26. The average molecular weight is 300 g/mol. The molecule has 0 aromatic rings. The van der Waals surface area contributed by atoms with Gasteiger partial charge in [0, 0.05) is 6.42 Å². The van der Waals surface area contributed by atoms with Crippen LogP contribution in [0.3, 0.4) is 0 Å². The molecule has 0 bridgehead atoms. The summed E-state index contributed by atoms with van der Waals surface area (Å²) in [5.74, 6) is -0.737. The molecule has 0 unspecified atom stereocenters. The molecule has 21 heavy (non-hydrogen) atoms. The lowest BCUT2D eigenvalue weighted by atomic mass is 10.0. The molecule has 1 atom stereocenters. The average Bonchev–Trinajstić information content (AvgIpc) is 2.45. The van der Waals surface area contributed by atoms with Gasteiger partial charge in [0.05, 0.1) is 6.10 Å². The lowest BCUT2D eigenvalue weighted by molar-refractivity contribution is -0.137. The molecule has 0 heterocycles. The van der Waals surface area contributed by atoms with Crippen molar-refractivity contribution in [2.45, 2.75) is 109 Å². The van der Waals surface area contributed by atoms with E-state index in [1.54, 1.807) is 0 Å². The monoisotopic (exact) mass is 300 g/mol. The Morgan fingerprint density at radius 3 is 1.67 bits per heavy atom. The maximum absolute atomic E-state index is 10.4. The van der Waals surface area contributed by atoms with E-state index in [0.29, 0.717) is 6.42 Å². The lowest BCUT2D eigenvalue weighted by Crippen LogP contribution is -2.06. The molecule has 0 fully saturated rings. The van der Waals surface area contributed by atoms with Gasteiger partial charge in [-0.05, 0) is 19.3 Å². The number of rotatable bonds is 16. The minimum atomic E-state index is -0.737. The van der Waals surface area contributed by atoms with Crippen LogP contribution in [-0.2, 0) is 4.79 Å². The molecule has 0 rings (SSSR count). The molecule has 0 aliphatic carbocycles. The van der Waals surface area contributed by atoms with Crippen LogP contribution in [0, 0.1) is 0 Å². The summed E-state index contributed by atoms with van der Waals surface area (Å²) < 4.78 is 0. The fourth-order valence-corrected chi connectivity index (χ4v) is 2.67. The molecular weight excluding hydrogens is 264 g/mol. The zero-order chi connectivity index (χ0) is 15.8. The zero-order valence-electron chi connectivity index (χ0n) is 14.0. The Morgan fingerprint density at radius 1 is 0.762 bits per heavy atom. The first-order valence-corrected chi connectivity index (χ1v) is 9.06. The quantitative estimate of drug-likeness (QED) is 0.380. The predicted molar refractivity (Wildman–Crippen MR) is 88.6 cm³/mol. The fraction of sp³-hybridized carbons (Fsp3) is 0.944. The summed E-state index contributed by atoms with van der Waals surface area (Å²) in [5, 5.41) is 18.3. The van der Waals surface area contributed by atoms with Gasteiger partial charge in [0.2, 0.25) is 0 Å². The van der Waals surface area contributed by atoms with Gasteiger partial charge in [-0.15, -0.1) is 0 Å². The van der Waals surface area contributed by atoms with Crippen LogP contribution in [0.1, 0.15) is 103 Å². The third-order valence-electron chi connectivity index (χ3n) is 4.07. The van der Waals surface area contributed by atoms with Gasteiger partial charge in [-0.25, -0.2) is 0 Å². The van der Waals surface area contributed by atoms with Crippen molar-refractivity contribution in [2.75, 3.05) is 0 Å². The van der Waals surface area contributed by atoms with Crippen molar-refractivity contribution in [2.24, 2.45) is 0 Å². The lowest BCUT2D eigenvalue weighted by Gasteiger charge is -2.09. The number of hydrogen-bond donors (Lipinski definition) is 2. The number of unbranched alkanes of at least 4 members (excludes halogenated alkanes) is 10. The van der Waals surface area contributed by atoms with Gasteiger partial charge in [-0.1, -0.05) is 77.6 Å². The van der Waals surface area contributed by atoms with Crippen LogP contribution in [0.25, 0.3) is 0 Å². The van der Waals surface area contributed by atoms with E-state index in [0.717, 1.165) is 25.7 Å². The number of carboxylic acid groups (broad SMARTS) is 1. The Bertz CT molecular complexity index is 229. The highest BCUT2D eigenvalue weighted by Gasteiger charge is 2.04. The topological polar surface area (TPSA) is 57.5 Å². The number of hydrogen-bond acceptors (Lipinski definition) is 2. The first-order chi connectivity index (χ1) is 10.2. The number of carboxylic acids is 1. The Balaban J connectivity index is 3.14. The highest BCUT2D eigenvalue weighted by atomic mass is 16.4. The molecule has 0 amide bonds. The number of aliphatic hydroxyl groups is 1. The van der Waals surface area contributed by atoms with E-state index in [9.17, 15) is 9.90 Å². The van der Waals surface area contributed by atoms with Crippen LogP contribution in [0.5, 0.6) is 0 Å². The molecule has 0 saturated carbocycles. The van der Waals surface area contributed by atoms with Crippen LogP contribution in [0.15, 0.2) is 0 Å². The summed E-state index contributed by atoms with van der Waals surface area (Å²) in [4.78, 5) is 10.4. The van der Waals surface area contributed by atoms with Gasteiger partial charge in [-0.2, -0.15) is 0 Å². The van der Waals surface area contributed by atoms with Crippen LogP contribution >= 0.6 is 0 Å². The molecule has 2 N–H and O–H groups in total. The summed E-state index contributed by atoms with van der Waals surface area (Å²) in [6, 6.07) is 0. The molecule has 126 valence electrons. The first-order valence-electron chi connectivity index (χ1n) is 9.06. The second-order valence-electron chi connectivity index (χ2n) is 6.26. The summed E-state index contributed by atoms with van der Waals surface area (Å²) in [5.41, 5.74) is 0. The summed E-state index contributed by atoms with van der Waals surface area (Å²) >= 11 is 0. The molecule has 0 radical (unpaired) electrons. The SMILES string of the molecule is CCCCCCCCCCCC[C@H](O)CCCCC(=O)O. The Morgan fingerprint density at radius 2 is 1.19 bits per heavy atom. The van der Waals surface area contributed by atoms with Crippen LogP contribution in [-0.4, -0.2) is 22.3 Å². The normalized spacial score (nSPS) is 12.5. The standard InChI is InChI=1S/C18H36O3/c1-2-3-4-5-6-7-8-9-10-11-14-17(19)15-12-13-16-18(20)21/h17,19H,2-16H2,1H3,(H,20,21)/t17-/m0/s1. The third kappa shape index (κ3) is 17.4. The largest absolute Gasteiger partial charge is 0.481 e. The van der Waals surface area contributed by atoms with Gasteiger partial charge >= 0.3 is 5.97 Å². The van der Waals surface area contributed by atoms with E-state index in [1.807, 2.05) is 0 Å². The van der Waals surface area contributed by atoms with Crippen molar-refractivity contribution in [3.05, 3.63) is 0 Å². The van der Waals surface area contributed by atoms with Crippen LogP contribution in [0.4, 0.5) is 0 Å². The maximum atomic E-state index is 10.4. The predicted octanol–water partition coefficient (Wildman–Crippen LogP) is 5.30. The molecular formula is C18H36O3. The minimum absolute atomic E-state index is 0.227. The summed E-state index contributed by atoms with van der Waals surface area (Å²) in [6.07, 6.45) is 16.3. The molecule has 0 spiro atoms. The molecule has 0 aliphatic rings. The van der Waals surface area contributed by atoms with E-state index < -0.39 is 5.97 Å². The number of carbonyl (C=O) groups is 1. The molecule has 3 heteroatoms. The van der Waals surface area contributed by atoms with E-state index in [1.165, 1.54) is 57.8 Å². The van der Waals surface area contributed by atoms with E-state index in [2.05, 4.69) is 6.92 Å². The van der Waals surface area contributed by atoms with Gasteiger partial charge in [-0.3, -0.25) is 4.79 Å². The Hall–Kier alpha value is -0.570. The summed E-state index contributed by atoms with van der Waals surface area (Å²) in [7, 11) is 0. The van der Waals surface area contributed by atoms with Gasteiger partial charge in [0.1, 0.15) is 0 Å². The second kappa shape index (κ2) is 15.8. The van der Waals surface area contributed by atoms with Crippen molar-refractivity contribution in [3.8, 4) is 0 Å². The third-order valence-corrected chi connectivity index (χ3v) is 4.07. The van der Waals surface area contributed by atoms with Crippen LogP contribution < -0.4 is 0 Å². The minimum Gasteiger partial charge on any atom is -0.481 e. The van der Waals surface area contributed by atoms with Crippen molar-refractivity contribution in [1.82, 2.24) is 0 Å². The maximum Gasteiger partial charge on any atom is 0.303 e. The molecule has 0 saturated heterocycles. The molecule has 0 aromatic carbocycles.